The number of aromatic nitrogens is 1. The summed E-state index contributed by atoms with van der Waals surface area (Å²) in [6.45, 7) is 1.65. The number of phenolic OH excluding ortho intramolecular Hbond substituents is 3. The van der Waals surface area contributed by atoms with Crippen LogP contribution in [0.4, 0.5) is 0 Å². The minimum Gasteiger partial charge on any atom is -0.504 e. The third kappa shape index (κ3) is 9.98. The molecule has 0 spiro atoms. The van der Waals surface area contributed by atoms with Gasteiger partial charge in [-0.1, -0.05) is 37.3 Å². The monoisotopic (exact) mass is 766 g/mol. The van der Waals surface area contributed by atoms with Crippen LogP contribution in [0.25, 0.3) is 0 Å². The average Bonchev–Trinajstić information content (AvgIpc) is 3.21. The van der Waals surface area contributed by atoms with E-state index in [1.807, 2.05) is 24.3 Å². The Labute approximate surface area is 328 Å². The van der Waals surface area contributed by atoms with E-state index in [9.17, 15) is 20.1 Å². The molecule has 2 bridgehead atoms. The maximum atomic E-state index is 12.3. The molecule has 2 aliphatic heterocycles. The fourth-order valence-corrected chi connectivity index (χ4v) is 8.66. The summed E-state index contributed by atoms with van der Waals surface area (Å²) in [7, 11) is 0. The molecule has 12 heteroatoms. The van der Waals surface area contributed by atoms with Gasteiger partial charge in [-0.3, -0.25) is 9.78 Å². The summed E-state index contributed by atoms with van der Waals surface area (Å²) in [6.07, 6.45) is 12.4. The number of nitrogens with one attached hydrogen (secondary N) is 1. The van der Waals surface area contributed by atoms with E-state index in [-0.39, 0.29) is 53.6 Å². The first kappa shape index (κ1) is 39.1. The highest BCUT2D eigenvalue weighted by Gasteiger charge is 2.39. The largest absolute Gasteiger partial charge is 0.504 e. The molecule has 298 valence electrons. The molecule has 7 unspecified atom stereocenters. The Balaban J connectivity index is 1.15. The summed E-state index contributed by atoms with van der Waals surface area (Å²) in [6, 6.07) is 12.6. The summed E-state index contributed by atoms with van der Waals surface area (Å²) < 4.78 is 25.2. The molecule has 56 heavy (non-hydrogen) atoms. The van der Waals surface area contributed by atoms with Gasteiger partial charge >= 0.3 is 5.97 Å². The molecule has 12 nitrogen and oxygen atoms in total. The Morgan fingerprint density at radius 2 is 1.88 bits per heavy atom. The van der Waals surface area contributed by atoms with Gasteiger partial charge in [-0.15, -0.1) is 5.92 Å². The van der Waals surface area contributed by atoms with E-state index >= 15 is 0 Å². The van der Waals surface area contributed by atoms with E-state index in [2.05, 4.69) is 22.1 Å². The lowest BCUT2D eigenvalue weighted by molar-refractivity contribution is -0.164. The molecule has 0 amide bonds. The highest BCUT2D eigenvalue weighted by atomic mass is 16.6. The Morgan fingerprint density at radius 1 is 1.02 bits per heavy atom. The zero-order valence-corrected chi connectivity index (χ0v) is 32.1. The van der Waals surface area contributed by atoms with E-state index in [0.29, 0.717) is 55.4 Å². The highest BCUT2D eigenvalue weighted by Crippen LogP contribution is 2.44. The quantitative estimate of drug-likeness (QED) is 0.0536. The molecule has 0 radical (unpaired) electrons. The van der Waals surface area contributed by atoms with Crippen LogP contribution in [0.3, 0.4) is 0 Å². The molecule has 1 aromatic heterocycles. The fraction of sp³-hybridized carbons (Fsp3) is 0.523. The summed E-state index contributed by atoms with van der Waals surface area (Å²) in [5.74, 6) is 6.63. The molecule has 4 aliphatic rings. The molecular formula is C44H54N4O8. The van der Waals surface area contributed by atoms with Crippen molar-refractivity contribution in [2.45, 2.75) is 127 Å². The van der Waals surface area contributed by atoms with Crippen LogP contribution >= 0.6 is 0 Å². The summed E-state index contributed by atoms with van der Waals surface area (Å²) >= 11 is 0. The number of ether oxygens (including phenoxy) is 4. The third-order valence-corrected chi connectivity index (χ3v) is 11.5. The van der Waals surface area contributed by atoms with Crippen molar-refractivity contribution < 1.29 is 39.1 Å². The van der Waals surface area contributed by atoms with Crippen LogP contribution in [-0.2, 0) is 27.1 Å². The summed E-state index contributed by atoms with van der Waals surface area (Å²) in [5.41, 5.74) is 9.02. The second-order valence-electron chi connectivity index (χ2n) is 15.7. The van der Waals surface area contributed by atoms with Gasteiger partial charge in [0.25, 0.3) is 0 Å². The van der Waals surface area contributed by atoms with Gasteiger partial charge in [0, 0.05) is 57.0 Å². The standard InChI is InChI=1S/C44H54N4O8/c1-27(49)54-33-24-39(56-40(25-33)31-22-37(51)43(52)42(23-31)53-19-17-28-8-7-18-46-26-28)30-9-5-12-34-35(48-44(45)47-32-10-3-2-4-11-32)13-6-14-38(34)55-41-21-29(20-30)15-16-36(41)50/h7-8,15-16,18,21-23,26,30,32-35,38-40,50-52H,2-4,6,9-11,13-14,17,19-20,24-25H2,1H3,(H3,45,47,48). The van der Waals surface area contributed by atoms with Crippen LogP contribution in [0.2, 0.25) is 0 Å². The fourth-order valence-electron chi connectivity index (χ4n) is 8.66. The Kier molecular flexibility index (Phi) is 12.7. The van der Waals surface area contributed by atoms with Gasteiger partial charge in [-0.25, -0.2) is 4.99 Å². The number of benzene rings is 2. The molecule has 2 aromatic carbocycles. The normalized spacial score (nSPS) is 26.9. The zero-order valence-electron chi connectivity index (χ0n) is 32.1. The van der Waals surface area contributed by atoms with Crippen LogP contribution in [0.1, 0.15) is 100 Å². The number of phenols is 3. The summed E-state index contributed by atoms with van der Waals surface area (Å²) in [5, 5.41) is 35.9. The average molecular weight is 767 g/mol. The van der Waals surface area contributed by atoms with Crippen LogP contribution in [0.5, 0.6) is 28.7 Å². The van der Waals surface area contributed by atoms with Crippen molar-refractivity contribution >= 4 is 11.9 Å². The SMILES string of the molecule is CC(=O)OC1CC(c2cc(O)c(O)c(OCCc3cccnc3)c2)OC(C2CC#CC3C(N=C(N)NC4CCCCC4)CCCC3Oc3cc(ccc3O)C2)C1. The number of carbonyl (C=O) groups is 1. The maximum absolute atomic E-state index is 12.3. The Bertz CT molecular complexity index is 1910. The van der Waals surface area contributed by atoms with Crippen molar-refractivity contribution in [3.8, 4) is 40.6 Å². The zero-order chi connectivity index (χ0) is 39.0. The smallest absolute Gasteiger partial charge is 0.302 e. The van der Waals surface area contributed by atoms with Crippen molar-refractivity contribution in [2.24, 2.45) is 22.6 Å². The third-order valence-electron chi connectivity index (χ3n) is 11.5. The number of nitrogens with zero attached hydrogens (tertiary/aromatic N) is 2. The summed E-state index contributed by atoms with van der Waals surface area (Å²) in [4.78, 5) is 21.4. The molecule has 1 saturated heterocycles. The van der Waals surface area contributed by atoms with Crippen molar-refractivity contribution in [2.75, 3.05) is 6.61 Å². The second kappa shape index (κ2) is 18.2. The molecule has 6 N–H and O–H groups in total. The van der Waals surface area contributed by atoms with Gasteiger partial charge in [0.15, 0.2) is 29.0 Å². The van der Waals surface area contributed by atoms with Crippen molar-refractivity contribution in [3.63, 3.8) is 0 Å². The van der Waals surface area contributed by atoms with Gasteiger partial charge < -0.3 is 45.3 Å². The van der Waals surface area contributed by atoms with Crippen LogP contribution in [0.15, 0.2) is 59.9 Å². The Hall–Kier alpha value is -5.15. The van der Waals surface area contributed by atoms with E-state index in [1.54, 1.807) is 24.5 Å². The van der Waals surface area contributed by atoms with Crippen LogP contribution < -0.4 is 20.5 Å². The van der Waals surface area contributed by atoms with Crippen molar-refractivity contribution in [1.82, 2.24) is 10.3 Å². The first-order chi connectivity index (χ1) is 27.2. The number of guanidine groups is 1. The molecule has 2 saturated carbocycles. The van der Waals surface area contributed by atoms with E-state index in [4.69, 9.17) is 29.7 Å². The van der Waals surface area contributed by atoms with Crippen molar-refractivity contribution in [1.29, 1.82) is 0 Å². The number of rotatable bonds is 9. The first-order valence-electron chi connectivity index (χ1n) is 20.2. The van der Waals surface area contributed by atoms with Gasteiger partial charge in [-0.05, 0) is 85.5 Å². The van der Waals surface area contributed by atoms with Crippen LogP contribution in [-0.4, -0.2) is 69.2 Å². The number of carbonyl (C=O) groups excluding carboxylic acids is 1. The topological polar surface area (TPSA) is 178 Å². The van der Waals surface area contributed by atoms with E-state index in [0.717, 1.165) is 43.2 Å². The van der Waals surface area contributed by atoms with Gasteiger partial charge in [0.2, 0.25) is 5.75 Å². The van der Waals surface area contributed by atoms with Gasteiger partial charge in [-0.2, -0.15) is 0 Å². The number of aromatic hydroxyl groups is 3. The minimum absolute atomic E-state index is 0.0647. The number of nitrogens with two attached hydrogens (primary N) is 1. The van der Waals surface area contributed by atoms with E-state index < -0.39 is 24.3 Å². The number of hydrogen-bond donors (Lipinski definition) is 5. The number of aliphatic imine (C=N–C) groups is 1. The minimum atomic E-state index is -0.587. The molecule has 7 rings (SSSR count). The van der Waals surface area contributed by atoms with Crippen LogP contribution in [0, 0.1) is 23.7 Å². The van der Waals surface area contributed by atoms with Gasteiger partial charge in [0.05, 0.1) is 30.8 Å². The van der Waals surface area contributed by atoms with Gasteiger partial charge in [0.1, 0.15) is 12.2 Å². The number of pyridine rings is 1. The van der Waals surface area contributed by atoms with E-state index in [1.165, 1.54) is 32.3 Å². The van der Waals surface area contributed by atoms with Crippen molar-refractivity contribution in [3.05, 3.63) is 71.5 Å². The second-order valence-corrected chi connectivity index (χ2v) is 15.7. The molecule has 3 aromatic rings. The number of esters is 1. The first-order valence-corrected chi connectivity index (χ1v) is 20.2. The Morgan fingerprint density at radius 3 is 2.68 bits per heavy atom. The molecule has 7 atom stereocenters. The lowest BCUT2D eigenvalue weighted by Crippen LogP contribution is -2.44. The molecule has 3 fully saturated rings. The lowest BCUT2D eigenvalue weighted by Gasteiger charge is -2.39. The number of hydrogen-bond acceptors (Lipinski definition) is 10. The molecule has 3 heterocycles. The number of fused-ring (bicyclic) bond motifs is 3. The predicted molar refractivity (Wildman–Crippen MR) is 210 cm³/mol. The highest BCUT2D eigenvalue weighted by molar-refractivity contribution is 5.78. The predicted octanol–water partition coefficient (Wildman–Crippen LogP) is 6.39. The molecular weight excluding hydrogens is 713 g/mol. The lowest BCUT2D eigenvalue weighted by atomic mass is 9.82. The molecule has 2 aliphatic carbocycles. The maximum Gasteiger partial charge on any atom is 0.302 e.